The van der Waals surface area contributed by atoms with Gasteiger partial charge in [0, 0.05) is 32.7 Å². The molecule has 2 rings (SSSR count). The molecule has 0 aromatic carbocycles. The van der Waals surface area contributed by atoms with Crippen LogP contribution in [-0.4, -0.2) is 47.4 Å². The lowest BCUT2D eigenvalue weighted by Crippen LogP contribution is -2.48. The maximum Gasteiger partial charge on any atom is 0.240 e. The van der Waals surface area contributed by atoms with Crippen molar-refractivity contribution < 1.29 is 9.26 Å². The van der Waals surface area contributed by atoms with Crippen LogP contribution in [0.25, 0.3) is 0 Å². The Labute approximate surface area is 132 Å². The molecule has 7 heteroatoms. The number of ether oxygens (including phenoxy) is 1. The third-order valence-electron chi connectivity index (χ3n) is 3.83. The summed E-state index contributed by atoms with van der Waals surface area (Å²) in [6, 6.07) is 0.328. The van der Waals surface area contributed by atoms with Crippen LogP contribution < -0.4 is 5.73 Å². The quantitative estimate of drug-likeness (QED) is 0.859. The first-order valence-corrected chi connectivity index (χ1v) is 7.40. The van der Waals surface area contributed by atoms with E-state index >= 15 is 0 Å². The second-order valence-electron chi connectivity index (χ2n) is 5.94. The minimum Gasteiger partial charge on any atom is -0.381 e. The fourth-order valence-corrected chi connectivity index (χ4v) is 2.71. The molecule has 2 unspecified atom stereocenters. The van der Waals surface area contributed by atoms with Crippen LogP contribution in [0.3, 0.4) is 0 Å². The van der Waals surface area contributed by atoms with Gasteiger partial charge in [0.05, 0.1) is 12.6 Å². The number of likely N-dealkylation sites (tertiary alicyclic amines) is 1. The van der Waals surface area contributed by atoms with Crippen molar-refractivity contribution in [3.63, 3.8) is 0 Å². The van der Waals surface area contributed by atoms with Crippen molar-refractivity contribution in [2.24, 2.45) is 11.7 Å². The van der Waals surface area contributed by atoms with E-state index < -0.39 is 0 Å². The predicted molar refractivity (Wildman–Crippen MR) is 83.4 cm³/mol. The Bertz CT molecular complexity index is 413. The predicted octanol–water partition coefficient (Wildman–Crippen LogP) is 1.63. The molecule has 0 spiro atoms. The zero-order valence-electron chi connectivity index (χ0n) is 13.1. The number of hydrogen-bond donors (Lipinski definition) is 1. The highest BCUT2D eigenvalue weighted by molar-refractivity contribution is 5.85. The number of rotatable bonds is 6. The highest BCUT2D eigenvalue weighted by Gasteiger charge is 2.28. The number of piperidine rings is 1. The molecule has 6 nitrogen and oxygen atoms in total. The molecule has 1 fully saturated rings. The average molecular weight is 319 g/mol. The Balaban J connectivity index is 0.00000220. The van der Waals surface area contributed by atoms with Crippen LogP contribution in [0.5, 0.6) is 0 Å². The van der Waals surface area contributed by atoms with Crippen molar-refractivity contribution in [2.45, 2.75) is 51.8 Å². The van der Waals surface area contributed by atoms with Crippen molar-refractivity contribution in [2.75, 3.05) is 20.2 Å². The summed E-state index contributed by atoms with van der Waals surface area (Å²) in [5.74, 6) is 2.02. The number of halogens is 1. The number of nitrogens with two attached hydrogens (primary N) is 1. The Morgan fingerprint density at radius 3 is 2.86 bits per heavy atom. The van der Waals surface area contributed by atoms with Crippen molar-refractivity contribution in [1.82, 2.24) is 15.0 Å². The molecular formula is C14H27ClN4O2. The van der Waals surface area contributed by atoms with E-state index in [1.807, 2.05) is 0 Å². The van der Waals surface area contributed by atoms with E-state index in [1.54, 1.807) is 7.11 Å². The van der Waals surface area contributed by atoms with E-state index in [1.165, 1.54) is 0 Å². The summed E-state index contributed by atoms with van der Waals surface area (Å²) >= 11 is 0. The standard InChI is InChI=1S/C14H26N4O2.ClH/c1-10(2)6-13-16-14(20-17-13)9-18-5-4-12(19-3)7-11(18)8-15;/h10-12H,4-9,15H2,1-3H3;1H. The molecule has 1 aliphatic heterocycles. The molecular weight excluding hydrogens is 292 g/mol. The molecule has 2 atom stereocenters. The fraction of sp³-hybridized carbons (Fsp3) is 0.857. The zero-order chi connectivity index (χ0) is 14.5. The lowest BCUT2D eigenvalue weighted by atomic mass is 9.99. The van der Waals surface area contributed by atoms with Crippen molar-refractivity contribution in [3.8, 4) is 0 Å². The van der Waals surface area contributed by atoms with Gasteiger partial charge in [-0.15, -0.1) is 12.4 Å². The van der Waals surface area contributed by atoms with Gasteiger partial charge in [-0.2, -0.15) is 4.98 Å². The van der Waals surface area contributed by atoms with Gasteiger partial charge in [-0.05, 0) is 18.8 Å². The Morgan fingerprint density at radius 2 is 2.24 bits per heavy atom. The molecule has 21 heavy (non-hydrogen) atoms. The van der Waals surface area contributed by atoms with Crippen LogP contribution in [-0.2, 0) is 17.7 Å². The summed E-state index contributed by atoms with van der Waals surface area (Å²) in [4.78, 5) is 6.78. The summed E-state index contributed by atoms with van der Waals surface area (Å²) < 4.78 is 10.8. The molecule has 0 saturated carbocycles. The first kappa shape index (κ1) is 18.4. The topological polar surface area (TPSA) is 77.4 Å². The summed E-state index contributed by atoms with van der Waals surface area (Å²) in [7, 11) is 1.77. The van der Waals surface area contributed by atoms with Gasteiger partial charge in [0.2, 0.25) is 5.89 Å². The van der Waals surface area contributed by atoms with Crippen molar-refractivity contribution in [1.29, 1.82) is 0 Å². The minimum absolute atomic E-state index is 0. The van der Waals surface area contributed by atoms with Gasteiger partial charge in [-0.1, -0.05) is 19.0 Å². The van der Waals surface area contributed by atoms with Gasteiger partial charge in [-0.3, -0.25) is 4.90 Å². The van der Waals surface area contributed by atoms with E-state index in [2.05, 4.69) is 28.9 Å². The highest BCUT2D eigenvalue weighted by Crippen LogP contribution is 2.21. The van der Waals surface area contributed by atoms with Crippen LogP contribution in [0, 0.1) is 5.92 Å². The second-order valence-corrected chi connectivity index (χ2v) is 5.94. The van der Waals surface area contributed by atoms with Crippen LogP contribution in [0.2, 0.25) is 0 Å². The molecule has 0 bridgehead atoms. The van der Waals surface area contributed by atoms with Crippen LogP contribution in [0.1, 0.15) is 38.4 Å². The van der Waals surface area contributed by atoms with Crippen molar-refractivity contribution >= 4 is 12.4 Å². The Morgan fingerprint density at radius 1 is 1.48 bits per heavy atom. The molecule has 2 heterocycles. The normalized spacial score (nSPS) is 23.3. The van der Waals surface area contributed by atoms with Crippen molar-refractivity contribution in [3.05, 3.63) is 11.7 Å². The van der Waals surface area contributed by atoms with Gasteiger partial charge in [0.25, 0.3) is 0 Å². The second kappa shape index (κ2) is 8.68. The zero-order valence-corrected chi connectivity index (χ0v) is 13.9. The van der Waals surface area contributed by atoms with Crippen LogP contribution in [0.15, 0.2) is 4.52 Å². The Kier molecular flexibility index (Phi) is 7.59. The Hall–Kier alpha value is -0.690. The van der Waals surface area contributed by atoms with Gasteiger partial charge in [0.15, 0.2) is 5.82 Å². The summed E-state index contributed by atoms with van der Waals surface area (Å²) in [6.45, 7) is 6.57. The molecule has 1 aromatic heterocycles. The summed E-state index contributed by atoms with van der Waals surface area (Å²) in [5, 5.41) is 4.04. The summed E-state index contributed by atoms with van der Waals surface area (Å²) in [6.07, 6.45) is 3.18. The van der Waals surface area contributed by atoms with Gasteiger partial charge < -0.3 is 15.0 Å². The van der Waals surface area contributed by atoms with Gasteiger partial charge in [0.1, 0.15) is 0 Å². The van der Waals surface area contributed by atoms with Gasteiger partial charge in [-0.25, -0.2) is 0 Å². The average Bonchev–Trinajstić information content (AvgIpc) is 2.85. The largest absolute Gasteiger partial charge is 0.381 e. The van der Waals surface area contributed by atoms with E-state index in [4.69, 9.17) is 15.0 Å². The molecule has 1 aliphatic rings. The third kappa shape index (κ3) is 5.21. The first-order valence-electron chi connectivity index (χ1n) is 7.40. The lowest BCUT2D eigenvalue weighted by molar-refractivity contribution is 0.00676. The van der Waals surface area contributed by atoms with Crippen LogP contribution in [0.4, 0.5) is 0 Å². The minimum atomic E-state index is 0. The smallest absolute Gasteiger partial charge is 0.240 e. The first-order chi connectivity index (χ1) is 9.62. The highest BCUT2D eigenvalue weighted by atomic mass is 35.5. The van der Waals surface area contributed by atoms with Gasteiger partial charge >= 0.3 is 0 Å². The van der Waals surface area contributed by atoms with Crippen LogP contribution >= 0.6 is 12.4 Å². The maximum atomic E-state index is 5.87. The van der Waals surface area contributed by atoms with E-state index in [0.717, 1.165) is 31.6 Å². The molecule has 1 saturated heterocycles. The SMILES string of the molecule is COC1CCN(Cc2nc(CC(C)C)no2)C(CN)C1.Cl. The third-order valence-corrected chi connectivity index (χ3v) is 3.83. The number of methoxy groups -OCH3 is 1. The lowest BCUT2D eigenvalue weighted by Gasteiger charge is -2.37. The van der Waals surface area contributed by atoms with E-state index in [-0.39, 0.29) is 12.4 Å². The monoisotopic (exact) mass is 318 g/mol. The fourth-order valence-electron chi connectivity index (χ4n) is 2.71. The maximum absolute atomic E-state index is 5.87. The molecule has 0 radical (unpaired) electrons. The molecule has 0 amide bonds. The van der Waals surface area contributed by atoms with E-state index in [9.17, 15) is 0 Å². The molecule has 1 aromatic rings. The molecule has 2 N–H and O–H groups in total. The number of aromatic nitrogens is 2. The number of nitrogens with zero attached hydrogens (tertiary/aromatic N) is 3. The van der Waals surface area contributed by atoms with E-state index in [0.29, 0.717) is 37.0 Å². The number of hydrogen-bond acceptors (Lipinski definition) is 6. The molecule has 122 valence electrons. The summed E-state index contributed by atoms with van der Waals surface area (Å²) in [5.41, 5.74) is 5.87. The molecule has 0 aliphatic carbocycles.